The zero-order chi connectivity index (χ0) is 25.9. The van der Waals surface area contributed by atoms with Crippen LogP contribution < -0.4 is 10.6 Å². The van der Waals surface area contributed by atoms with E-state index >= 15 is 0 Å². The van der Waals surface area contributed by atoms with Gasteiger partial charge in [0.15, 0.2) is 0 Å². The standard InChI is InChI=1S/C25H38N2O8/c1-4-5-8-15-33-22(28)11-6-7-12-23(29)34-16-9-10-17-35-25(31)27-21-18-20(14-13-19(21)2)26-24(30)32-3/h13-14,18H,4-12,15-17H2,1-3H3,(H,26,30)(H,27,31). The lowest BCUT2D eigenvalue weighted by Gasteiger charge is -2.11. The molecule has 2 amide bonds. The summed E-state index contributed by atoms with van der Waals surface area (Å²) in [6.07, 6.45) is 4.59. The summed E-state index contributed by atoms with van der Waals surface area (Å²) in [6, 6.07) is 5.03. The van der Waals surface area contributed by atoms with Gasteiger partial charge in [-0.2, -0.15) is 0 Å². The number of aryl methyl sites for hydroxylation is 1. The van der Waals surface area contributed by atoms with Crippen LogP contribution in [-0.4, -0.2) is 51.1 Å². The second-order valence-electron chi connectivity index (χ2n) is 7.97. The van der Waals surface area contributed by atoms with Crippen LogP contribution in [0, 0.1) is 6.92 Å². The van der Waals surface area contributed by atoms with Gasteiger partial charge in [0.05, 0.1) is 26.9 Å². The maximum Gasteiger partial charge on any atom is 0.411 e. The van der Waals surface area contributed by atoms with E-state index in [4.69, 9.17) is 14.2 Å². The monoisotopic (exact) mass is 494 g/mol. The summed E-state index contributed by atoms with van der Waals surface area (Å²) >= 11 is 0. The number of anilines is 2. The summed E-state index contributed by atoms with van der Waals surface area (Å²) in [6.45, 7) is 4.77. The number of nitrogens with one attached hydrogen (secondary N) is 2. The molecule has 0 saturated heterocycles. The number of esters is 2. The Kier molecular flexibility index (Phi) is 15.4. The second-order valence-corrected chi connectivity index (χ2v) is 7.97. The molecule has 0 aliphatic carbocycles. The Labute approximate surface area is 207 Å². The number of carbonyl (C=O) groups excluding carboxylic acids is 4. The lowest BCUT2D eigenvalue weighted by Crippen LogP contribution is -2.16. The number of unbranched alkanes of at least 4 members (excludes halogenated alkanes) is 4. The number of ether oxygens (including phenoxy) is 4. The smallest absolute Gasteiger partial charge is 0.411 e. The van der Waals surface area contributed by atoms with Crippen molar-refractivity contribution in [3.05, 3.63) is 23.8 Å². The molecule has 35 heavy (non-hydrogen) atoms. The van der Waals surface area contributed by atoms with Crippen LogP contribution in [0.4, 0.5) is 21.0 Å². The fraction of sp³-hybridized carbons (Fsp3) is 0.600. The molecular weight excluding hydrogens is 456 g/mol. The Hall–Kier alpha value is -3.30. The highest BCUT2D eigenvalue weighted by molar-refractivity contribution is 5.89. The van der Waals surface area contributed by atoms with Crippen LogP contribution in [0.5, 0.6) is 0 Å². The van der Waals surface area contributed by atoms with Gasteiger partial charge in [0.25, 0.3) is 0 Å². The summed E-state index contributed by atoms with van der Waals surface area (Å²) in [5.74, 6) is -0.532. The van der Waals surface area contributed by atoms with Crippen molar-refractivity contribution in [2.75, 3.05) is 37.6 Å². The van der Waals surface area contributed by atoms with Crippen molar-refractivity contribution in [2.24, 2.45) is 0 Å². The SMILES string of the molecule is CCCCCOC(=O)CCCCC(=O)OCCCCOC(=O)Nc1cc(NC(=O)OC)ccc1C. The van der Waals surface area contributed by atoms with E-state index in [0.29, 0.717) is 50.1 Å². The van der Waals surface area contributed by atoms with Crippen molar-refractivity contribution in [1.82, 2.24) is 0 Å². The van der Waals surface area contributed by atoms with Gasteiger partial charge in [-0.25, -0.2) is 9.59 Å². The molecule has 0 radical (unpaired) electrons. The van der Waals surface area contributed by atoms with Crippen molar-refractivity contribution in [3.8, 4) is 0 Å². The van der Waals surface area contributed by atoms with E-state index in [1.807, 2.05) is 6.92 Å². The molecule has 0 bridgehead atoms. The van der Waals surface area contributed by atoms with Crippen LogP contribution in [0.3, 0.4) is 0 Å². The molecule has 1 rings (SSSR count). The van der Waals surface area contributed by atoms with Gasteiger partial charge in [-0.05, 0) is 56.7 Å². The van der Waals surface area contributed by atoms with E-state index < -0.39 is 12.2 Å². The van der Waals surface area contributed by atoms with Crippen LogP contribution in [0.1, 0.15) is 70.3 Å². The van der Waals surface area contributed by atoms with Gasteiger partial charge in [0, 0.05) is 24.2 Å². The number of rotatable bonds is 16. The molecule has 10 heteroatoms. The van der Waals surface area contributed by atoms with Crippen LogP contribution in [0.2, 0.25) is 0 Å². The molecule has 0 aliphatic heterocycles. The molecule has 0 spiro atoms. The molecule has 10 nitrogen and oxygen atoms in total. The molecule has 1 aromatic carbocycles. The highest BCUT2D eigenvalue weighted by Gasteiger charge is 2.09. The van der Waals surface area contributed by atoms with Crippen LogP contribution in [-0.2, 0) is 28.5 Å². The summed E-state index contributed by atoms with van der Waals surface area (Å²) in [7, 11) is 1.26. The molecule has 0 aromatic heterocycles. The molecular formula is C25H38N2O8. The molecule has 0 aliphatic rings. The third kappa shape index (κ3) is 14.5. The predicted octanol–water partition coefficient (Wildman–Crippen LogP) is 5.34. The zero-order valence-electron chi connectivity index (χ0n) is 21.0. The predicted molar refractivity (Wildman–Crippen MR) is 131 cm³/mol. The Bertz CT molecular complexity index is 813. The Morgan fingerprint density at radius 1 is 0.743 bits per heavy atom. The highest BCUT2D eigenvalue weighted by Crippen LogP contribution is 2.20. The van der Waals surface area contributed by atoms with E-state index in [1.54, 1.807) is 18.2 Å². The van der Waals surface area contributed by atoms with Gasteiger partial charge < -0.3 is 18.9 Å². The second kappa shape index (κ2) is 18.1. The topological polar surface area (TPSA) is 129 Å². The highest BCUT2D eigenvalue weighted by atomic mass is 16.6. The van der Waals surface area contributed by atoms with Gasteiger partial charge in [-0.1, -0.05) is 25.8 Å². The molecule has 0 unspecified atom stereocenters. The Balaban J connectivity index is 2.10. The van der Waals surface area contributed by atoms with Crippen molar-refractivity contribution < 1.29 is 38.1 Å². The van der Waals surface area contributed by atoms with Crippen LogP contribution in [0.15, 0.2) is 18.2 Å². The maximum atomic E-state index is 12.0. The minimum absolute atomic E-state index is 0.170. The lowest BCUT2D eigenvalue weighted by atomic mass is 10.2. The maximum absolute atomic E-state index is 12.0. The quantitative estimate of drug-likeness (QED) is 0.179. The van der Waals surface area contributed by atoms with Gasteiger partial charge >= 0.3 is 24.1 Å². The minimum Gasteiger partial charge on any atom is -0.466 e. The van der Waals surface area contributed by atoms with Crippen LogP contribution in [0.25, 0.3) is 0 Å². The fourth-order valence-corrected chi connectivity index (χ4v) is 2.93. The average molecular weight is 495 g/mol. The zero-order valence-corrected chi connectivity index (χ0v) is 21.0. The average Bonchev–Trinajstić information content (AvgIpc) is 2.83. The molecule has 2 N–H and O–H groups in total. The van der Waals surface area contributed by atoms with Crippen molar-refractivity contribution in [2.45, 2.75) is 71.6 Å². The summed E-state index contributed by atoms with van der Waals surface area (Å²) in [5.41, 5.74) is 1.78. The number of methoxy groups -OCH3 is 1. The first kappa shape index (κ1) is 29.7. The Morgan fingerprint density at radius 2 is 1.31 bits per heavy atom. The van der Waals surface area contributed by atoms with E-state index in [1.165, 1.54) is 7.11 Å². The minimum atomic E-state index is -0.621. The van der Waals surface area contributed by atoms with Gasteiger partial charge in [0.1, 0.15) is 0 Å². The Morgan fingerprint density at radius 3 is 1.89 bits per heavy atom. The summed E-state index contributed by atoms with van der Waals surface area (Å²) in [5, 5.41) is 5.16. The van der Waals surface area contributed by atoms with Crippen LogP contribution >= 0.6 is 0 Å². The molecule has 0 saturated carbocycles. The largest absolute Gasteiger partial charge is 0.466 e. The van der Waals surface area contributed by atoms with E-state index in [0.717, 1.165) is 24.8 Å². The first-order chi connectivity index (χ1) is 16.8. The van der Waals surface area contributed by atoms with Gasteiger partial charge in [-0.3, -0.25) is 20.2 Å². The lowest BCUT2D eigenvalue weighted by molar-refractivity contribution is -0.146. The summed E-state index contributed by atoms with van der Waals surface area (Å²) < 4.78 is 20.0. The number of benzene rings is 1. The number of amides is 2. The van der Waals surface area contributed by atoms with E-state index in [2.05, 4.69) is 22.3 Å². The van der Waals surface area contributed by atoms with E-state index in [9.17, 15) is 19.2 Å². The third-order valence-electron chi connectivity index (χ3n) is 4.96. The number of hydrogen-bond acceptors (Lipinski definition) is 8. The fourth-order valence-electron chi connectivity index (χ4n) is 2.93. The molecule has 0 fully saturated rings. The first-order valence-electron chi connectivity index (χ1n) is 12.1. The molecule has 1 aromatic rings. The molecule has 196 valence electrons. The van der Waals surface area contributed by atoms with Gasteiger partial charge in [0.2, 0.25) is 0 Å². The molecule has 0 heterocycles. The van der Waals surface area contributed by atoms with Crippen molar-refractivity contribution >= 4 is 35.5 Å². The van der Waals surface area contributed by atoms with Crippen molar-refractivity contribution in [1.29, 1.82) is 0 Å². The van der Waals surface area contributed by atoms with Crippen molar-refractivity contribution in [3.63, 3.8) is 0 Å². The number of hydrogen-bond donors (Lipinski definition) is 2. The molecule has 0 atom stereocenters. The third-order valence-corrected chi connectivity index (χ3v) is 4.96. The summed E-state index contributed by atoms with van der Waals surface area (Å²) in [4.78, 5) is 46.6. The van der Waals surface area contributed by atoms with Gasteiger partial charge in [-0.15, -0.1) is 0 Å². The normalized spacial score (nSPS) is 10.3. The first-order valence-corrected chi connectivity index (χ1v) is 12.1. The number of carbonyl (C=O) groups is 4. The van der Waals surface area contributed by atoms with E-state index in [-0.39, 0.29) is 31.6 Å².